The molecule has 0 unspecified atom stereocenters. The molecule has 3 aliphatic rings. The summed E-state index contributed by atoms with van der Waals surface area (Å²) >= 11 is 6.11. The summed E-state index contributed by atoms with van der Waals surface area (Å²) in [6.07, 6.45) is 2.30. The first-order chi connectivity index (χ1) is 18.9. The maximum absolute atomic E-state index is 13.4. The molecule has 3 aliphatic heterocycles. The highest BCUT2D eigenvalue weighted by Gasteiger charge is 2.40. The van der Waals surface area contributed by atoms with Crippen LogP contribution in [0.15, 0.2) is 36.5 Å². The summed E-state index contributed by atoms with van der Waals surface area (Å²) in [5, 5.41) is 3.58. The summed E-state index contributed by atoms with van der Waals surface area (Å²) in [7, 11) is 1.79. The van der Waals surface area contributed by atoms with Crippen molar-refractivity contribution < 1.29 is 23.9 Å². The van der Waals surface area contributed by atoms with Gasteiger partial charge in [0, 0.05) is 58.4 Å². The van der Waals surface area contributed by atoms with Gasteiger partial charge < -0.3 is 29.2 Å². The van der Waals surface area contributed by atoms with Crippen LogP contribution in [-0.4, -0.2) is 109 Å². The van der Waals surface area contributed by atoms with Gasteiger partial charge in [-0.05, 0) is 30.2 Å². The molecular formula is C28H36ClN5O5. The number of amides is 3. The number of aryl methyl sites for hydroxylation is 1. The molecule has 2 aromatic rings. The van der Waals surface area contributed by atoms with E-state index < -0.39 is 0 Å². The van der Waals surface area contributed by atoms with Crippen LogP contribution in [0.4, 0.5) is 0 Å². The Morgan fingerprint density at radius 2 is 1.82 bits per heavy atom. The average Bonchev–Trinajstić information content (AvgIpc) is 3.53. The van der Waals surface area contributed by atoms with Crippen LogP contribution in [0.25, 0.3) is 0 Å². The fourth-order valence-electron chi connectivity index (χ4n) is 5.60. The molecule has 3 amide bonds. The molecule has 0 spiro atoms. The quantitative estimate of drug-likeness (QED) is 0.616. The van der Waals surface area contributed by atoms with E-state index in [4.69, 9.17) is 21.1 Å². The van der Waals surface area contributed by atoms with Crippen LogP contribution < -0.4 is 10.1 Å². The lowest BCUT2D eigenvalue weighted by atomic mass is 9.88. The molecule has 210 valence electrons. The van der Waals surface area contributed by atoms with Crippen LogP contribution in [0.3, 0.4) is 0 Å². The SMILES string of the molecule is Cn1cc(Cl)cc1C(=O)N1CCCNC(=O)[C@H]2CN(C(=O)CN3CCOCC3)C[C@@H]2c2cccc(c2)OCC1. The van der Waals surface area contributed by atoms with Gasteiger partial charge in [0.15, 0.2) is 0 Å². The van der Waals surface area contributed by atoms with Gasteiger partial charge >= 0.3 is 0 Å². The van der Waals surface area contributed by atoms with Gasteiger partial charge in [0.1, 0.15) is 18.1 Å². The monoisotopic (exact) mass is 557 g/mol. The van der Waals surface area contributed by atoms with Crippen molar-refractivity contribution in [3.05, 3.63) is 52.8 Å². The van der Waals surface area contributed by atoms with E-state index in [1.165, 1.54) is 0 Å². The van der Waals surface area contributed by atoms with E-state index in [9.17, 15) is 14.4 Å². The number of likely N-dealkylation sites (tertiary alicyclic amines) is 1. The zero-order chi connectivity index (χ0) is 27.4. The number of hydrogen-bond donors (Lipinski definition) is 1. The molecule has 5 rings (SSSR count). The Kier molecular flexibility index (Phi) is 8.74. The third-order valence-corrected chi connectivity index (χ3v) is 7.98. The molecule has 2 fully saturated rings. The third-order valence-electron chi connectivity index (χ3n) is 7.77. The molecule has 2 saturated heterocycles. The zero-order valence-electron chi connectivity index (χ0n) is 22.3. The third kappa shape index (κ3) is 6.57. The van der Waals surface area contributed by atoms with E-state index in [0.29, 0.717) is 82.0 Å². The number of fused-ring (bicyclic) bond motifs is 4. The number of ether oxygens (including phenoxy) is 2. The Labute approximate surface area is 233 Å². The highest BCUT2D eigenvalue weighted by Crippen LogP contribution is 2.35. The summed E-state index contributed by atoms with van der Waals surface area (Å²) < 4.78 is 13.2. The van der Waals surface area contributed by atoms with E-state index in [1.54, 1.807) is 28.8 Å². The number of carbonyl (C=O) groups excluding carboxylic acids is 3. The molecule has 0 radical (unpaired) electrons. The van der Waals surface area contributed by atoms with Crippen molar-refractivity contribution in [3.63, 3.8) is 0 Å². The highest BCUT2D eigenvalue weighted by molar-refractivity contribution is 6.31. The van der Waals surface area contributed by atoms with E-state index >= 15 is 0 Å². The largest absolute Gasteiger partial charge is 0.492 e. The van der Waals surface area contributed by atoms with Gasteiger partial charge in [-0.1, -0.05) is 23.7 Å². The van der Waals surface area contributed by atoms with Gasteiger partial charge in [-0.15, -0.1) is 0 Å². The van der Waals surface area contributed by atoms with Gasteiger partial charge in [0.25, 0.3) is 5.91 Å². The fourth-order valence-corrected chi connectivity index (χ4v) is 5.85. The standard InChI is InChI=1S/C28H36ClN5O5/c1-31-16-21(29)15-25(31)28(37)33-7-3-6-30-27(36)24-18-34(26(35)19-32-8-11-38-12-9-32)17-23(24)20-4-2-5-22(14-20)39-13-10-33/h2,4-5,14-16,23-24H,3,6-13,17-19H2,1H3,(H,30,36)/t23-,24+/m1/s1. The predicted molar refractivity (Wildman–Crippen MR) is 146 cm³/mol. The predicted octanol–water partition coefficient (Wildman–Crippen LogP) is 1.59. The van der Waals surface area contributed by atoms with Crippen LogP contribution in [-0.2, 0) is 21.4 Å². The average molecular weight is 558 g/mol. The van der Waals surface area contributed by atoms with E-state index in [-0.39, 0.29) is 29.6 Å². The van der Waals surface area contributed by atoms with Crippen molar-refractivity contribution in [3.8, 4) is 5.75 Å². The Hall–Kier alpha value is -3.08. The van der Waals surface area contributed by atoms with Crippen molar-refractivity contribution in [2.75, 3.05) is 72.2 Å². The first kappa shape index (κ1) is 27.5. The Morgan fingerprint density at radius 3 is 2.59 bits per heavy atom. The Balaban J connectivity index is 1.31. The Morgan fingerprint density at radius 1 is 1.03 bits per heavy atom. The normalized spacial score (nSPS) is 23.0. The second-order valence-electron chi connectivity index (χ2n) is 10.4. The van der Waals surface area contributed by atoms with Gasteiger partial charge in [-0.2, -0.15) is 0 Å². The topological polar surface area (TPSA) is 96.4 Å². The van der Waals surface area contributed by atoms with Crippen LogP contribution in [0, 0.1) is 5.92 Å². The highest BCUT2D eigenvalue weighted by atomic mass is 35.5. The van der Waals surface area contributed by atoms with Crippen molar-refractivity contribution >= 4 is 29.3 Å². The van der Waals surface area contributed by atoms with Crippen molar-refractivity contribution in [1.29, 1.82) is 0 Å². The van der Waals surface area contributed by atoms with Gasteiger partial charge in [-0.25, -0.2) is 0 Å². The van der Waals surface area contributed by atoms with Crippen LogP contribution in [0.2, 0.25) is 5.02 Å². The molecule has 0 aliphatic carbocycles. The number of hydrogen-bond acceptors (Lipinski definition) is 6. The molecular weight excluding hydrogens is 522 g/mol. The maximum Gasteiger partial charge on any atom is 0.270 e. The number of halogens is 1. The molecule has 4 heterocycles. The molecule has 1 aromatic heterocycles. The summed E-state index contributed by atoms with van der Waals surface area (Å²) in [6.45, 7) is 5.58. The minimum Gasteiger partial charge on any atom is -0.492 e. The first-order valence-corrected chi connectivity index (χ1v) is 14.0. The summed E-state index contributed by atoms with van der Waals surface area (Å²) in [5.74, 6) is 0.0292. The lowest BCUT2D eigenvalue weighted by molar-refractivity contribution is -0.132. The minimum atomic E-state index is -0.361. The molecule has 1 aromatic carbocycles. The lowest BCUT2D eigenvalue weighted by Crippen LogP contribution is -2.44. The summed E-state index contributed by atoms with van der Waals surface area (Å²) in [5.41, 5.74) is 1.47. The van der Waals surface area contributed by atoms with E-state index in [1.807, 2.05) is 29.2 Å². The Bertz CT molecular complexity index is 1200. The maximum atomic E-state index is 13.4. The molecule has 1 N–H and O–H groups in total. The van der Waals surface area contributed by atoms with Crippen LogP contribution >= 0.6 is 11.6 Å². The van der Waals surface area contributed by atoms with Crippen molar-refractivity contribution in [2.45, 2.75) is 12.3 Å². The number of aromatic nitrogens is 1. The van der Waals surface area contributed by atoms with Crippen molar-refractivity contribution in [2.24, 2.45) is 13.0 Å². The van der Waals surface area contributed by atoms with Gasteiger partial charge in [0.2, 0.25) is 11.8 Å². The molecule has 2 bridgehead atoms. The molecule has 2 atom stereocenters. The van der Waals surface area contributed by atoms with Crippen LogP contribution in [0.5, 0.6) is 5.75 Å². The van der Waals surface area contributed by atoms with Gasteiger partial charge in [0.05, 0.1) is 37.2 Å². The second-order valence-corrected chi connectivity index (χ2v) is 10.8. The number of nitrogens with zero attached hydrogens (tertiary/aromatic N) is 4. The summed E-state index contributed by atoms with van der Waals surface area (Å²) in [4.78, 5) is 45.5. The number of benzene rings is 1. The molecule has 11 heteroatoms. The summed E-state index contributed by atoms with van der Waals surface area (Å²) in [6, 6.07) is 9.40. The smallest absolute Gasteiger partial charge is 0.270 e. The fraction of sp³-hybridized carbons (Fsp3) is 0.536. The van der Waals surface area contributed by atoms with E-state index in [0.717, 1.165) is 18.7 Å². The van der Waals surface area contributed by atoms with E-state index in [2.05, 4.69) is 10.2 Å². The van der Waals surface area contributed by atoms with Crippen LogP contribution in [0.1, 0.15) is 28.4 Å². The van der Waals surface area contributed by atoms with Crippen molar-refractivity contribution in [1.82, 2.24) is 24.6 Å². The minimum absolute atomic E-state index is 0.0393. The molecule has 10 nitrogen and oxygen atoms in total. The second kappa shape index (κ2) is 12.4. The lowest BCUT2D eigenvalue weighted by Gasteiger charge is -2.28. The molecule has 0 saturated carbocycles. The number of carbonyl (C=O) groups is 3. The number of morpholine rings is 1. The number of rotatable bonds is 3. The number of nitrogens with one attached hydrogen (secondary N) is 1. The first-order valence-electron chi connectivity index (χ1n) is 13.6. The molecule has 39 heavy (non-hydrogen) atoms. The van der Waals surface area contributed by atoms with Gasteiger partial charge in [-0.3, -0.25) is 19.3 Å². The zero-order valence-corrected chi connectivity index (χ0v) is 23.1.